The zero-order chi connectivity index (χ0) is 22.7. The Kier molecular flexibility index (Phi) is 6.21. The van der Waals surface area contributed by atoms with Crippen LogP contribution in [-0.4, -0.2) is 27.5 Å². The number of aryl methyl sites for hydroxylation is 1. The molecular formula is C26H28N4O2. The highest BCUT2D eigenvalue weighted by atomic mass is 16.5. The van der Waals surface area contributed by atoms with Crippen LogP contribution >= 0.6 is 0 Å². The first-order chi connectivity index (χ1) is 15.4. The van der Waals surface area contributed by atoms with E-state index in [1.807, 2.05) is 43.3 Å². The van der Waals surface area contributed by atoms with E-state index in [0.29, 0.717) is 18.1 Å². The molecule has 1 N–H and O–H groups in total. The van der Waals surface area contributed by atoms with Crippen LogP contribution in [0.5, 0.6) is 5.75 Å². The van der Waals surface area contributed by atoms with Gasteiger partial charge in [-0.05, 0) is 78.9 Å². The van der Waals surface area contributed by atoms with Crippen molar-refractivity contribution in [2.24, 2.45) is 0 Å². The minimum absolute atomic E-state index is 0.175. The van der Waals surface area contributed by atoms with Crippen molar-refractivity contribution >= 4 is 22.6 Å². The highest BCUT2D eigenvalue weighted by Gasteiger charge is 2.12. The molecule has 0 fully saturated rings. The average molecular weight is 429 g/mol. The summed E-state index contributed by atoms with van der Waals surface area (Å²) in [6.07, 6.45) is 0.942. The van der Waals surface area contributed by atoms with Crippen molar-refractivity contribution in [3.05, 3.63) is 77.4 Å². The van der Waals surface area contributed by atoms with E-state index in [1.54, 1.807) is 16.9 Å². The first-order valence-corrected chi connectivity index (χ1v) is 11.0. The molecule has 0 aliphatic carbocycles. The van der Waals surface area contributed by atoms with Crippen LogP contribution in [0.15, 0.2) is 60.7 Å². The largest absolute Gasteiger partial charge is 0.494 e. The molecule has 0 spiro atoms. The Labute approximate surface area is 188 Å². The smallest absolute Gasteiger partial charge is 0.255 e. The molecule has 6 heteroatoms. The lowest BCUT2D eigenvalue weighted by Crippen LogP contribution is -2.12. The van der Waals surface area contributed by atoms with Crippen LogP contribution in [0.1, 0.15) is 54.6 Å². The Morgan fingerprint density at radius 1 is 1.00 bits per heavy atom. The summed E-state index contributed by atoms with van der Waals surface area (Å²) >= 11 is 0. The lowest BCUT2D eigenvalue weighted by Gasteiger charge is -2.09. The van der Waals surface area contributed by atoms with Crippen LogP contribution in [0, 0.1) is 6.92 Å². The Bertz CT molecular complexity index is 1230. The second kappa shape index (κ2) is 9.22. The molecule has 0 bridgehead atoms. The number of carbonyl (C=O) groups excluding carboxylic acids is 1. The normalized spacial score (nSPS) is 11.2. The molecule has 1 amide bonds. The van der Waals surface area contributed by atoms with Crippen LogP contribution in [0.3, 0.4) is 0 Å². The van der Waals surface area contributed by atoms with Gasteiger partial charge < -0.3 is 10.1 Å². The van der Waals surface area contributed by atoms with Gasteiger partial charge >= 0.3 is 0 Å². The molecular weight excluding hydrogens is 400 g/mol. The molecule has 3 aromatic carbocycles. The van der Waals surface area contributed by atoms with Gasteiger partial charge in [0.15, 0.2) is 0 Å². The third-order valence-corrected chi connectivity index (χ3v) is 5.35. The fraction of sp³-hybridized carbons (Fsp3) is 0.269. The predicted octanol–water partition coefficient (Wildman–Crippen LogP) is 5.89. The van der Waals surface area contributed by atoms with Gasteiger partial charge in [-0.2, -0.15) is 4.80 Å². The number of hydrogen-bond acceptors (Lipinski definition) is 4. The number of nitrogens with zero attached hydrogens (tertiary/aromatic N) is 3. The van der Waals surface area contributed by atoms with Crippen molar-refractivity contribution in [1.82, 2.24) is 15.0 Å². The summed E-state index contributed by atoms with van der Waals surface area (Å²) in [6, 6.07) is 19.2. The van der Waals surface area contributed by atoms with E-state index < -0.39 is 0 Å². The molecule has 164 valence electrons. The minimum Gasteiger partial charge on any atom is -0.494 e. The van der Waals surface area contributed by atoms with E-state index in [-0.39, 0.29) is 5.91 Å². The Morgan fingerprint density at radius 2 is 1.66 bits per heavy atom. The standard InChI is InChI=1S/C26H28N4O2/c1-5-14-32-22-12-8-20(9-13-22)26(31)27-23-16-25-24(15-18(23)4)28-30(29-25)21-10-6-19(7-11-21)17(2)3/h6-13,15-17H,5,14H2,1-4H3,(H,27,31). The maximum absolute atomic E-state index is 12.7. The molecule has 4 rings (SSSR count). The SMILES string of the molecule is CCCOc1ccc(C(=O)Nc2cc3nn(-c4ccc(C(C)C)cc4)nc3cc2C)cc1. The molecule has 1 heterocycles. The first-order valence-electron chi connectivity index (χ1n) is 11.0. The maximum Gasteiger partial charge on any atom is 0.255 e. The summed E-state index contributed by atoms with van der Waals surface area (Å²) in [7, 11) is 0. The summed E-state index contributed by atoms with van der Waals surface area (Å²) in [6.45, 7) is 9.01. The van der Waals surface area contributed by atoms with Crippen molar-refractivity contribution < 1.29 is 9.53 Å². The van der Waals surface area contributed by atoms with Crippen LogP contribution in [0.25, 0.3) is 16.7 Å². The van der Waals surface area contributed by atoms with Gasteiger partial charge in [-0.3, -0.25) is 4.79 Å². The van der Waals surface area contributed by atoms with E-state index in [2.05, 4.69) is 48.4 Å². The molecule has 1 aromatic heterocycles. The number of hydrogen-bond donors (Lipinski definition) is 1. The van der Waals surface area contributed by atoms with Crippen LogP contribution in [-0.2, 0) is 0 Å². The Hall–Kier alpha value is -3.67. The van der Waals surface area contributed by atoms with Gasteiger partial charge in [-0.25, -0.2) is 0 Å². The van der Waals surface area contributed by atoms with Crippen LogP contribution in [0.4, 0.5) is 5.69 Å². The van der Waals surface area contributed by atoms with Gasteiger partial charge in [0.25, 0.3) is 5.91 Å². The minimum atomic E-state index is -0.175. The molecule has 0 aliphatic heterocycles. The Morgan fingerprint density at radius 3 is 2.28 bits per heavy atom. The fourth-order valence-corrected chi connectivity index (χ4v) is 3.43. The molecule has 32 heavy (non-hydrogen) atoms. The van der Waals surface area contributed by atoms with Crippen molar-refractivity contribution in [1.29, 1.82) is 0 Å². The number of ether oxygens (including phenoxy) is 1. The summed E-state index contributed by atoms with van der Waals surface area (Å²) < 4.78 is 5.58. The molecule has 0 saturated carbocycles. The number of nitrogens with one attached hydrogen (secondary N) is 1. The van der Waals surface area contributed by atoms with E-state index >= 15 is 0 Å². The molecule has 0 saturated heterocycles. The molecule has 0 aliphatic rings. The monoisotopic (exact) mass is 428 g/mol. The number of anilines is 1. The summed E-state index contributed by atoms with van der Waals surface area (Å²) in [5.41, 5.74) is 5.90. The van der Waals surface area contributed by atoms with Crippen molar-refractivity contribution in [3.63, 3.8) is 0 Å². The Balaban J connectivity index is 1.54. The van der Waals surface area contributed by atoms with Crippen molar-refractivity contribution in [3.8, 4) is 11.4 Å². The lowest BCUT2D eigenvalue weighted by atomic mass is 10.0. The number of fused-ring (bicyclic) bond motifs is 1. The number of benzene rings is 3. The number of carbonyl (C=O) groups is 1. The fourth-order valence-electron chi connectivity index (χ4n) is 3.43. The molecule has 0 radical (unpaired) electrons. The number of aromatic nitrogens is 3. The lowest BCUT2D eigenvalue weighted by molar-refractivity contribution is 0.102. The van der Waals surface area contributed by atoms with E-state index in [0.717, 1.165) is 40.1 Å². The van der Waals surface area contributed by atoms with Crippen molar-refractivity contribution in [2.45, 2.75) is 40.0 Å². The summed E-state index contributed by atoms with van der Waals surface area (Å²) in [5.74, 6) is 1.06. The van der Waals surface area contributed by atoms with E-state index in [4.69, 9.17) is 4.74 Å². The van der Waals surface area contributed by atoms with Crippen LogP contribution < -0.4 is 10.1 Å². The zero-order valence-electron chi connectivity index (χ0n) is 18.9. The molecule has 0 unspecified atom stereocenters. The summed E-state index contributed by atoms with van der Waals surface area (Å²) in [5, 5.41) is 12.2. The molecule has 6 nitrogen and oxygen atoms in total. The maximum atomic E-state index is 12.7. The van der Waals surface area contributed by atoms with Gasteiger partial charge in [0.1, 0.15) is 16.8 Å². The van der Waals surface area contributed by atoms with E-state index in [9.17, 15) is 4.79 Å². The first kappa shape index (κ1) is 21.6. The van der Waals surface area contributed by atoms with Gasteiger partial charge in [-0.15, -0.1) is 10.2 Å². The highest BCUT2D eigenvalue weighted by molar-refractivity contribution is 6.05. The quantitative estimate of drug-likeness (QED) is 0.398. The van der Waals surface area contributed by atoms with Crippen LogP contribution in [0.2, 0.25) is 0 Å². The highest BCUT2D eigenvalue weighted by Crippen LogP contribution is 2.24. The molecule has 0 atom stereocenters. The summed E-state index contributed by atoms with van der Waals surface area (Å²) in [4.78, 5) is 14.4. The predicted molar refractivity (Wildman–Crippen MR) is 128 cm³/mol. The number of amides is 1. The zero-order valence-corrected chi connectivity index (χ0v) is 18.9. The third-order valence-electron chi connectivity index (χ3n) is 5.35. The second-order valence-electron chi connectivity index (χ2n) is 8.22. The molecule has 4 aromatic rings. The van der Waals surface area contributed by atoms with E-state index in [1.165, 1.54) is 5.56 Å². The van der Waals surface area contributed by atoms with Gasteiger partial charge in [0, 0.05) is 11.3 Å². The second-order valence-corrected chi connectivity index (χ2v) is 8.22. The van der Waals surface area contributed by atoms with Gasteiger partial charge in [0.05, 0.1) is 12.3 Å². The van der Waals surface area contributed by atoms with Gasteiger partial charge in [0.2, 0.25) is 0 Å². The average Bonchev–Trinajstić information content (AvgIpc) is 3.21. The van der Waals surface area contributed by atoms with Gasteiger partial charge in [-0.1, -0.05) is 32.9 Å². The third kappa shape index (κ3) is 4.64. The van der Waals surface area contributed by atoms with Crippen molar-refractivity contribution in [2.75, 3.05) is 11.9 Å². The topological polar surface area (TPSA) is 69.0 Å². The number of rotatable bonds is 7.